The van der Waals surface area contributed by atoms with Crippen LogP contribution in [0, 0.1) is 0 Å². The quantitative estimate of drug-likeness (QED) is 0.131. The molecule has 1 aromatic carbocycles. The zero-order valence-corrected chi connectivity index (χ0v) is 24.3. The molecule has 0 radical (unpaired) electrons. The molecule has 0 aromatic heterocycles. The molecule has 36 heavy (non-hydrogen) atoms. The molecule has 2 nitrogen and oxygen atoms in total. The summed E-state index contributed by atoms with van der Waals surface area (Å²) in [5.74, 6) is 0. The smallest absolute Gasteiger partial charge is 0.127 e. The van der Waals surface area contributed by atoms with Crippen molar-refractivity contribution < 1.29 is 0 Å². The van der Waals surface area contributed by atoms with Gasteiger partial charge in [-0.25, -0.2) is 0 Å². The van der Waals surface area contributed by atoms with E-state index in [0.717, 1.165) is 0 Å². The van der Waals surface area contributed by atoms with Crippen molar-refractivity contribution in [3.05, 3.63) is 48.3 Å². The average molecular weight is 497 g/mol. The van der Waals surface area contributed by atoms with E-state index in [4.69, 9.17) is 0 Å². The molecule has 0 fully saturated rings. The monoisotopic (exact) mass is 496 g/mol. The summed E-state index contributed by atoms with van der Waals surface area (Å²) in [5, 5.41) is 0. The fourth-order valence-corrected chi connectivity index (χ4v) is 5.67. The number of nitrogens with zero attached hydrogens (tertiary/aromatic N) is 2. The zero-order chi connectivity index (χ0) is 25.5. The van der Waals surface area contributed by atoms with Crippen LogP contribution in [0.25, 0.3) is 0 Å². The van der Waals surface area contributed by atoms with Gasteiger partial charge in [0.1, 0.15) is 6.17 Å². The van der Waals surface area contributed by atoms with Gasteiger partial charge in [0.2, 0.25) is 0 Å². The van der Waals surface area contributed by atoms with Crippen LogP contribution in [0.15, 0.2) is 42.7 Å². The van der Waals surface area contributed by atoms with Crippen LogP contribution in [0.2, 0.25) is 0 Å². The van der Waals surface area contributed by atoms with Gasteiger partial charge in [0.05, 0.1) is 0 Å². The van der Waals surface area contributed by atoms with Crippen molar-refractivity contribution in [2.45, 2.75) is 155 Å². The van der Waals surface area contributed by atoms with E-state index in [9.17, 15) is 0 Å². The molecule has 1 aliphatic rings. The van der Waals surface area contributed by atoms with Gasteiger partial charge >= 0.3 is 0 Å². The van der Waals surface area contributed by atoms with Crippen LogP contribution < -0.4 is 0 Å². The second kappa shape index (κ2) is 21.6. The van der Waals surface area contributed by atoms with E-state index in [2.05, 4.69) is 66.4 Å². The first-order valence-corrected chi connectivity index (χ1v) is 16.1. The largest absolute Gasteiger partial charge is 0.352 e. The Balaban J connectivity index is 1.59. The maximum atomic E-state index is 2.60. The van der Waals surface area contributed by atoms with Gasteiger partial charge in [-0.15, -0.1) is 0 Å². The molecule has 1 unspecified atom stereocenters. The van der Waals surface area contributed by atoms with Gasteiger partial charge in [-0.2, -0.15) is 0 Å². The highest BCUT2D eigenvalue weighted by Gasteiger charge is 2.26. The van der Waals surface area contributed by atoms with Crippen molar-refractivity contribution in [3.63, 3.8) is 0 Å². The molecule has 0 N–H and O–H groups in total. The second-order valence-electron chi connectivity index (χ2n) is 11.3. The molecule has 1 heterocycles. The summed E-state index contributed by atoms with van der Waals surface area (Å²) in [6.07, 6.45) is 34.7. The van der Waals surface area contributed by atoms with Crippen LogP contribution in [0.5, 0.6) is 0 Å². The summed E-state index contributed by atoms with van der Waals surface area (Å²) in [4.78, 5) is 5.19. The number of hydrogen-bond acceptors (Lipinski definition) is 2. The van der Waals surface area contributed by atoms with Crippen LogP contribution in [-0.4, -0.2) is 22.9 Å². The molecule has 0 saturated carbocycles. The first kappa shape index (κ1) is 30.8. The molecule has 2 heteroatoms. The predicted molar refractivity (Wildman–Crippen MR) is 160 cm³/mol. The van der Waals surface area contributed by atoms with Crippen molar-refractivity contribution in [3.8, 4) is 0 Å². The standard InChI is InChI=1S/C34H60N2/c1-3-5-7-9-11-13-14-15-17-19-21-26-30-36-32-31-35(34(36)33-27-23-22-24-28-33)29-25-20-18-16-12-10-8-6-4-2/h22-24,27-28,31-32,34H,3-21,25-26,29-30H2,1-2H3. The fraction of sp³-hybridized carbons (Fsp3) is 0.765. The molecule has 0 amide bonds. The lowest BCUT2D eigenvalue weighted by atomic mass is 10.0. The molecule has 206 valence electrons. The van der Waals surface area contributed by atoms with E-state index in [1.165, 1.54) is 153 Å². The molecule has 0 aliphatic carbocycles. The Morgan fingerprint density at radius 3 is 1.14 bits per heavy atom. The van der Waals surface area contributed by atoms with Crippen LogP contribution in [0.3, 0.4) is 0 Å². The Labute approximate surface area is 225 Å². The molecular weight excluding hydrogens is 436 g/mol. The lowest BCUT2D eigenvalue weighted by molar-refractivity contribution is 0.149. The Morgan fingerprint density at radius 1 is 0.444 bits per heavy atom. The van der Waals surface area contributed by atoms with E-state index in [1.807, 2.05) is 0 Å². The van der Waals surface area contributed by atoms with Gasteiger partial charge in [-0.05, 0) is 18.4 Å². The minimum atomic E-state index is 0.396. The number of hydrogen-bond donors (Lipinski definition) is 0. The predicted octanol–water partition coefficient (Wildman–Crippen LogP) is 11.0. The second-order valence-corrected chi connectivity index (χ2v) is 11.3. The molecule has 1 aromatic rings. The normalized spacial score (nSPS) is 15.3. The number of unbranched alkanes of at least 4 members (excludes halogenated alkanes) is 19. The maximum absolute atomic E-state index is 2.60. The molecule has 0 spiro atoms. The topological polar surface area (TPSA) is 6.48 Å². The van der Waals surface area contributed by atoms with Gasteiger partial charge in [-0.3, -0.25) is 0 Å². The zero-order valence-electron chi connectivity index (χ0n) is 24.3. The van der Waals surface area contributed by atoms with Crippen LogP contribution in [-0.2, 0) is 0 Å². The Hall–Kier alpha value is -1.44. The summed E-state index contributed by atoms with van der Waals surface area (Å²) in [6.45, 7) is 6.97. The van der Waals surface area contributed by atoms with E-state index >= 15 is 0 Å². The van der Waals surface area contributed by atoms with E-state index < -0.39 is 0 Å². The highest BCUT2D eigenvalue weighted by atomic mass is 15.4. The Kier molecular flexibility index (Phi) is 18.5. The number of benzene rings is 1. The molecule has 0 saturated heterocycles. The van der Waals surface area contributed by atoms with Crippen molar-refractivity contribution in [1.82, 2.24) is 9.80 Å². The summed E-state index contributed by atoms with van der Waals surface area (Å²) < 4.78 is 0. The number of rotatable bonds is 24. The third-order valence-corrected chi connectivity index (χ3v) is 7.97. The molecule has 1 atom stereocenters. The van der Waals surface area contributed by atoms with Gasteiger partial charge in [0.25, 0.3) is 0 Å². The van der Waals surface area contributed by atoms with Crippen molar-refractivity contribution in [2.75, 3.05) is 13.1 Å². The Bertz CT molecular complexity index is 625. The van der Waals surface area contributed by atoms with Crippen LogP contribution in [0.1, 0.15) is 160 Å². The minimum absolute atomic E-state index is 0.396. The van der Waals surface area contributed by atoms with E-state index in [0.29, 0.717) is 6.17 Å². The molecular formula is C34H60N2. The van der Waals surface area contributed by atoms with E-state index in [1.54, 1.807) is 0 Å². The molecule has 0 bridgehead atoms. The third kappa shape index (κ3) is 13.8. The minimum Gasteiger partial charge on any atom is -0.352 e. The molecule has 1 aliphatic heterocycles. The fourth-order valence-electron chi connectivity index (χ4n) is 5.67. The van der Waals surface area contributed by atoms with Gasteiger partial charge in [0.15, 0.2) is 0 Å². The van der Waals surface area contributed by atoms with Crippen molar-refractivity contribution in [2.24, 2.45) is 0 Å². The van der Waals surface area contributed by atoms with Crippen molar-refractivity contribution >= 4 is 0 Å². The van der Waals surface area contributed by atoms with E-state index in [-0.39, 0.29) is 0 Å². The summed E-state index contributed by atoms with van der Waals surface area (Å²) in [7, 11) is 0. The third-order valence-electron chi connectivity index (χ3n) is 7.97. The summed E-state index contributed by atoms with van der Waals surface area (Å²) >= 11 is 0. The summed E-state index contributed by atoms with van der Waals surface area (Å²) in [6, 6.07) is 11.2. The lowest BCUT2D eigenvalue weighted by Gasteiger charge is -2.33. The van der Waals surface area contributed by atoms with Gasteiger partial charge in [0, 0.05) is 25.5 Å². The van der Waals surface area contributed by atoms with Gasteiger partial charge < -0.3 is 9.80 Å². The SMILES string of the molecule is CCCCCCCCCCCCCCN1C=CN(CCCCCCCCCCC)C1c1ccccc1. The first-order valence-electron chi connectivity index (χ1n) is 16.1. The lowest BCUT2D eigenvalue weighted by Crippen LogP contribution is -2.32. The molecule has 2 rings (SSSR count). The summed E-state index contributed by atoms with van der Waals surface area (Å²) in [5.41, 5.74) is 1.44. The van der Waals surface area contributed by atoms with Crippen LogP contribution >= 0.6 is 0 Å². The van der Waals surface area contributed by atoms with Gasteiger partial charge in [-0.1, -0.05) is 166 Å². The first-order chi connectivity index (χ1) is 17.9. The van der Waals surface area contributed by atoms with Crippen LogP contribution in [0.4, 0.5) is 0 Å². The highest BCUT2D eigenvalue weighted by Crippen LogP contribution is 2.31. The Morgan fingerprint density at radius 2 is 0.778 bits per heavy atom. The van der Waals surface area contributed by atoms with Crippen molar-refractivity contribution in [1.29, 1.82) is 0 Å². The highest BCUT2D eigenvalue weighted by molar-refractivity contribution is 5.21. The average Bonchev–Trinajstić information content (AvgIpc) is 3.31. The maximum Gasteiger partial charge on any atom is 0.127 e.